The molecule has 0 radical (unpaired) electrons. The Kier molecular flexibility index (Phi) is 3.09. The Morgan fingerprint density at radius 3 is 2.29 bits per heavy atom. The number of rotatable bonds is 2. The van der Waals surface area contributed by atoms with E-state index >= 15 is 0 Å². The number of anilines is 1. The van der Waals surface area contributed by atoms with Gasteiger partial charge in [-0.05, 0) is 12.8 Å². The average molecular weight is 227 g/mol. The van der Waals surface area contributed by atoms with Crippen molar-refractivity contribution in [1.29, 1.82) is 0 Å². The molecule has 2 aromatic rings. The van der Waals surface area contributed by atoms with Crippen molar-refractivity contribution in [2.24, 2.45) is 0 Å². The maximum Gasteiger partial charge on any atom is 0.161 e. The molecule has 3 nitrogen and oxygen atoms in total. The van der Waals surface area contributed by atoms with Crippen LogP contribution in [0.4, 0.5) is 5.82 Å². The van der Waals surface area contributed by atoms with E-state index in [9.17, 15) is 0 Å². The van der Waals surface area contributed by atoms with Gasteiger partial charge in [0, 0.05) is 17.3 Å². The third-order valence-electron chi connectivity index (χ3n) is 2.67. The SMILES string of the molecule is Cc1ccc(-c2nc(N)cc(C(C)C)n2)cc1. The lowest BCUT2D eigenvalue weighted by molar-refractivity contribution is 0.818. The van der Waals surface area contributed by atoms with Crippen LogP contribution in [0.25, 0.3) is 11.4 Å². The maximum atomic E-state index is 5.81. The van der Waals surface area contributed by atoms with Crippen LogP contribution < -0.4 is 5.73 Å². The average Bonchev–Trinajstić information content (AvgIpc) is 2.29. The summed E-state index contributed by atoms with van der Waals surface area (Å²) in [6.07, 6.45) is 0. The fourth-order valence-electron chi connectivity index (χ4n) is 1.61. The Morgan fingerprint density at radius 2 is 1.71 bits per heavy atom. The molecule has 2 rings (SSSR count). The lowest BCUT2D eigenvalue weighted by Crippen LogP contribution is -2.01. The van der Waals surface area contributed by atoms with Gasteiger partial charge in [-0.1, -0.05) is 43.7 Å². The standard InChI is InChI=1S/C14H17N3/c1-9(2)12-8-13(15)17-14(16-12)11-6-4-10(3)5-7-11/h4-9H,1-3H3,(H2,15,16,17). The van der Waals surface area contributed by atoms with Gasteiger partial charge in [-0.15, -0.1) is 0 Å². The van der Waals surface area contributed by atoms with Gasteiger partial charge in [0.05, 0.1) is 0 Å². The second-order valence-corrected chi connectivity index (χ2v) is 4.56. The van der Waals surface area contributed by atoms with Gasteiger partial charge in [0.1, 0.15) is 5.82 Å². The molecule has 0 amide bonds. The van der Waals surface area contributed by atoms with Crippen LogP contribution in [-0.2, 0) is 0 Å². The van der Waals surface area contributed by atoms with Crippen molar-refractivity contribution in [1.82, 2.24) is 9.97 Å². The topological polar surface area (TPSA) is 51.8 Å². The van der Waals surface area contributed by atoms with Gasteiger partial charge in [0.25, 0.3) is 0 Å². The molecule has 0 aliphatic carbocycles. The Labute approximate surface area is 102 Å². The van der Waals surface area contributed by atoms with Crippen molar-refractivity contribution in [2.45, 2.75) is 26.7 Å². The molecule has 1 aromatic heterocycles. The van der Waals surface area contributed by atoms with Crippen LogP contribution in [0.5, 0.6) is 0 Å². The quantitative estimate of drug-likeness (QED) is 0.857. The third-order valence-corrected chi connectivity index (χ3v) is 2.67. The van der Waals surface area contributed by atoms with Gasteiger partial charge in [-0.25, -0.2) is 9.97 Å². The highest BCUT2D eigenvalue weighted by molar-refractivity contribution is 5.57. The molecular formula is C14H17N3. The number of aryl methyl sites for hydroxylation is 1. The van der Waals surface area contributed by atoms with Gasteiger partial charge >= 0.3 is 0 Å². The summed E-state index contributed by atoms with van der Waals surface area (Å²) in [4.78, 5) is 8.82. The van der Waals surface area contributed by atoms with Crippen molar-refractivity contribution in [3.8, 4) is 11.4 Å². The first-order chi connectivity index (χ1) is 8.06. The Bertz CT molecular complexity index is 515. The minimum absolute atomic E-state index is 0.351. The van der Waals surface area contributed by atoms with Crippen molar-refractivity contribution < 1.29 is 0 Å². The third kappa shape index (κ3) is 2.61. The summed E-state index contributed by atoms with van der Waals surface area (Å²) in [5.41, 5.74) is 9.02. The van der Waals surface area contributed by atoms with E-state index in [-0.39, 0.29) is 0 Å². The molecule has 3 heteroatoms. The highest BCUT2D eigenvalue weighted by Crippen LogP contribution is 2.20. The number of hydrogen-bond acceptors (Lipinski definition) is 3. The summed E-state index contributed by atoms with van der Waals surface area (Å²) in [5.74, 6) is 1.58. The molecule has 0 unspecified atom stereocenters. The Hall–Kier alpha value is -1.90. The molecule has 1 aromatic carbocycles. The van der Waals surface area contributed by atoms with E-state index in [0.717, 1.165) is 11.3 Å². The van der Waals surface area contributed by atoms with Crippen molar-refractivity contribution in [3.63, 3.8) is 0 Å². The van der Waals surface area contributed by atoms with Gasteiger partial charge in [0.2, 0.25) is 0 Å². The van der Waals surface area contributed by atoms with Crippen LogP contribution in [0, 0.1) is 6.92 Å². The predicted octanol–water partition coefficient (Wildman–Crippen LogP) is 3.16. The first kappa shape index (κ1) is 11.6. The van der Waals surface area contributed by atoms with Crippen LogP contribution >= 0.6 is 0 Å². The fourth-order valence-corrected chi connectivity index (χ4v) is 1.61. The van der Waals surface area contributed by atoms with E-state index in [1.54, 1.807) is 0 Å². The van der Waals surface area contributed by atoms with E-state index in [4.69, 9.17) is 5.73 Å². The highest BCUT2D eigenvalue weighted by atomic mass is 14.9. The summed E-state index contributed by atoms with van der Waals surface area (Å²) in [7, 11) is 0. The highest BCUT2D eigenvalue weighted by Gasteiger charge is 2.07. The van der Waals surface area contributed by atoms with Crippen molar-refractivity contribution in [2.75, 3.05) is 5.73 Å². The number of benzene rings is 1. The zero-order valence-corrected chi connectivity index (χ0v) is 10.4. The Morgan fingerprint density at radius 1 is 1.06 bits per heavy atom. The molecule has 0 saturated carbocycles. The lowest BCUT2D eigenvalue weighted by atomic mass is 10.1. The monoisotopic (exact) mass is 227 g/mol. The second kappa shape index (κ2) is 4.53. The molecule has 2 N–H and O–H groups in total. The minimum atomic E-state index is 0.351. The van der Waals surface area contributed by atoms with Gasteiger partial charge in [-0.3, -0.25) is 0 Å². The number of hydrogen-bond donors (Lipinski definition) is 1. The summed E-state index contributed by atoms with van der Waals surface area (Å²) in [5, 5.41) is 0. The van der Waals surface area contributed by atoms with E-state index in [0.29, 0.717) is 17.6 Å². The summed E-state index contributed by atoms with van der Waals surface area (Å²) < 4.78 is 0. The zero-order valence-electron chi connectivity index (χ0n) is 10.4. The van der Waals surface area contributed by atoms with Crippen LogP contribution in [0.15, 0.2) is 30.3 Å². The molecule has 0 aliphatic rings. The van der Waals surface area contributed by atoms with Gasteiger partial charge in [0.15, 0.2) is 5.82 Å². The zero-order chi connectivity index (χ0) is 12.4. The second-order valence-electron chi connectivity index (χ2n) is 4.56. The van der Waals surface area contributed by atoms with E-state index in [1.807, 2.05) is 18.2 Å². The first-order valence-electron chi connectivity index (χ1n) is 5.78. The van der Waals surface area contributed by atoms with Crippen LogP contribution in [0.1, 0.15) is 31.0 Å². The summed E-state index contributed by atoms with van der Waals surface area (Å²) in [6.45, 7) is 6.25. The summed E-state index contributed by atoms with van der Waals surface area (Å²) in [6, 6.07) is 9.98. The molecular weight excluding hydrogens is 210 g/mol. The lowest BCUT2D eigenvalue weighted by Gasteiger charge is -2.08. The molecule has 1 heterocycles. The van der Waals surface area contributed by atoms with Crippen LogP contribution in [0.2, 0.25) is 0 Å². The minimum Gasteiger partial charge on any atom is -0.384 e. The van der Waals surface area contributed by atoms with E-state index < -0.39 is 0 Å². The van der Waals surface area contributed by atoms with Crippen molar-refractivity contribution in [3.05, 3.63) is 41.6 Å². The predicted molar refractivity (Wildman–Crippen MR) is 70.7 cm³/mol. The molecule has 17 heavy (non-hydrogen) atoms. The first-order valence-corrected chi connectivity index (χ1v) is 5.78. The van der Waals surface area contributed by atoms with Crippen LogP contribution in [-0.4, -0.2) is 9.97 Å². The van der Waals surface area contributed by atoms with E-state index in [2.05, 4.69) is 42.9 Å². The van der Waals surface area contributed by atoms with Crippen molar-refractivity contribution >= 4 is 5.82 Å². The fraction of sp³-hybridized carbons (Fsp3) is 0.286. The molecule has 0 bridgehead atoms. The Balaban J connectivity index is 2.48. The number of nitrogens with zero attached hydrogens (tertiary/aromatic N) is 2. The number of nitrogens with two attached hydrogens (primary N) is 1. The van der Waals surface area contributed by atoms with Gasteiger partial charge < -0.3 is 5.73 Å². The van der Waals surface area contributed by atoms with Crippen LogP contribution in [0.3, 0.4) is 0 Å². The molecule has 0 atom stereocenters. The molecule has 88 valence electrons. The summed E-state index contributed by atoms with van der Waals surface area (Å²) >= 11 is 0. The largest absolute Gasteiger partial charge is 0.384 e. The van der Waals surface area contributed by atoms with Gasteiger partial charge in [-0.2, -0.15) is 0 Å². The molecule has 0 spiro atoms. The normalized spacial score (nSPS) is 10.8. The molecule has 0 aliphatic heterocycles. The van der Waals surface area contributed by atoms with E-state index in [1.165, 1.54) is 5.56 Å². The molecule has 0 fully saturated rings. The maximum absolute atomic E-state index is 5.81. The number of aromatic nitrogens is 2. The molecule has 0 saturated heterocycles. The smallest absolute Gasteiger partial charge is 0.161 e. The number of nitrogen functional groups attached to an aromatic ring is 1.